The number of carbonyl (C=O) groups excluding carboxylic acids is 2. The summed E-state index contributed by atoms with van der Waals surface area (Å²) >= 11 is 0. The van der Waals surface area contributed by atoms with Gasteiger partial charge in [-0.2, -0.15) is 0 Å². The van der Waals surface area contributed by atoms with Crippen molar-refractivity contribution in [3.63, 3.8) is 0 Å². The molecule has 1 saturated heterocycles. The van der Waals surface area contributed by atoms with Crippen molar-refractivity contribution in [2.45, 2.75) is 64.1 Å². The van der Waals surface area contributed by atoms with Gasteiger partial charge in [-0.1, -0.05) is 18.4 Å². The van der Waals surface area contributed by atoms with Crippen LogP contribution in [0.2, 0.25) is 0 Å². The fourth-order valence-corrected chi connectivity index (χ4v) is 7.70. The van der Waals surface area contributed by atoms with E-state index in [1.165, 1.54) is 12.0 Å². The van der Waals surface area contributed by atoms with E-state index in [0.717, 1.165) is 25.7 Å². The van der Waals surface area contributed by atoms with Gasteiger partial charge in [0.2, 0.25) is 0 Å². The van der Waals surface area contributed by atoms with Gasteiger partial charge in [-0.3, -0.25) is 4.79 Å². The smallest absolute Gasteiger partial charge is 0.384 e. The first-order valence-corrected chi connectivity index (χ1v) is 11.1. The van der Waals surface area contributed by atoms with E-state index in [2.05, 4.69) is 18.8 Å². The molecule has 6 rings (SSSR count). The summed E-state index contributed by atoms with van der Waals surface area (Å²) in [5.74, 6) is 9.55. The molecule has 0 aromatic carbocycles. The van der Waals surface area contributed by atoms with Crippen LogP contribution in [0.5, 0.6) is 0 Å². The molecule has 9 unspecified atom stereocenters. The molecule has 0 aromatic heterocycles. The lowest BCUT2D eigenvalue weighted by Crippen LogP contribution is -2.55. The molecule has 1 heterocycles. The third-order valence-electron chi connectivity index (χ3n) is 8.92. The van der Waals surface area contributed by atoms with Crippen molar-refractivity contribution >= 4 is 11.8 Å². The Hall–Kier alpha value is -1.60. The predicted octanol–water partition coefficient (Wildman–Crippen LogP) is 3.30. The molecule has 6 aliphatic rings. The van der Waals surface area contributed by atoms with Crippen molar-refractivity contribution in [2.75, 3.05) is 6.61 Å². The van der Waals surface area contributed by atoms with Crippen molar-refractivity contribution < 1.29 is 19.1 Å². The van der Waals surface area contributed by atoms with Crippen molar-refractivity contribution in [3.8, 4) is 11.8 Å². The number of hydrogen-bond acceptors (Lipinski definition) is 4. The van der Waals surface area contributed by atoms with Gasteiger partial charge in [-0.25, -0.2) is 4.79 Å². The summed E-state index contributed by atoms with van der Waals surface area (Å²) in [6.45, 7) is 4.59. The number of hydrogen-bond donors (Lipinski definition) is 0. The molecule has 9 atom stereocenters. The van der Waals surface area contributed by atoms with E-state index in [1.54, 1.807) is 0 Å². The van der Waals surface area contributed by atoms with E-state index in [-0.39, 0.29) is 5.41 Å². The maximum Gasteiger partial charge on any atom is 0.384 e. The number of rotatable bonds is 1. The first kappa shape index (κ1) is 17.3. The van der Waals surface area contributed by atoms with Crippen LogP contribution < -0.4 is 0 Å². The Kier molecular flexibility index (Phi) is 3.40. The zero-order valence-electron chi connectivity index (χ0n) is 16.7. The summed E-state index contributed by atoms with van der Waals surface area (Å²) in [7, 11) is 0. The van der Waals surface area contributed by atoms with Crippen LogP contribution in [-0.2, 0) is 19.1 Å². The highest BCUT2D eigenvalue weighted by Gasteiger charge is 2.73. The molecular weight excluding hydrogens is 352 g/mol. The third kappa shape index (κ3) is 2.17. The lowest BCUT2D eigenvalue weighted by molar-refractivity contribution is -0.136. The lowest BCUT2D eigenvalue weighted by atomic mass is 9.48. The minimum absolute atomic E-state index is 0.171. The summed E-state index contributed by atoms with van der Waals surface area (Å²) in [5.41, 5.74) is 1.19. The molecule has 4 saturated carbocycles. The average Bonchev–Trinajstić information content (AvgIpc) is 3.58. The van der Waals surface area contributed by atoms with Crippen molar-refractivity contribution in [3.05, 3.63) is 11.6 Å². The first-order valence-electron chi connectivity index (χ1n) is 11.1. The number of fused-ring (bicyclic) bond motifs is 10. The van der Waals surface area contributed by atoms with E-state index < -0.39 is 11.6 Å². The van der Waals surface area contributed by atoms with Crippen LogP contribution in [0.15, 0.2) is 11.6 Å². The molecule has 0 spiro atoms. The molecule has 0 aromatic rings. The summed E-state index contributed by atoms with van der Waals surface area (Å²) in [4.78, 5) is 24.0. The number of ether oxygens (including phenoxy) is 2. The second kappa shape index (κ2) is 5.51. The van der Waals surface area contributed by atoms with Gasteiger partial charge in [0.05, 0.1) is 12.7 Å². The molecule has 28 heavy (non-hydrogen) atoms. The Morgan fingerprint density at radius 3 is 3.00 bits per heavy atom. The molecule has 148 valence electrons. The Morgan fingerprint density at radius 2 is 2.18 bits per heavy atom. The minimum Gasteiger partial charge on any atom is -0.456 e. The van der Waals surface area contributed by atoms with Crippen LogP contribution in [-0.4, -0.2) is 30.1 Å². The van der Waals surface area contributed by atoms with Crippen molar-refractivity contribution in [1.82, 2.24) is 0 Å². The number of allylic oxidation sites excluding steroid dienone is 2. The van der Waals surface area contributed by atoms with Gasteiger partial charge in [0.15, 0.2) is 5.78 Å². The van der Waals surface area contributed by atoms with Crippen LogP contribution >= 0.6 is 0 Å². The van der Waals surface area contributed by atoms with Gasteiger partial charge in [-0.05, 0) is 80.1 Å². The maximum atomic E-state index is 12.1. The Bertz CT molecular complexity index is 862. The van der Waals surface area contributed by atoms with Gasteiger partial charge in [0.1, 0.15) is 5.60 Å². The second-order valence-corrected chi connectivity index (χ2v) is 10.2. The summed E-state index contributed by atoms with van der Waals surface area (Å²) in [6.07, 6.45) is 8.44. The van der Waals surface area contributed by atoms with Gasteiger partial charge in [0, 0.05) is 18.3 Å². The Labute approximate surface area is 166 Å². The number of carbonyl (C=O) groups is 2. The molecule has 0 radical (unpaired) electrons. The normalized spacial score (nSPS) is 51.9. The predicted molar refractivity (Wildman–Crippen MR) is 102 cm³/mol. The van der Waals surface area contributed by atoms with Crippen LogP contribution in [0.4, 0.5) is 0 Å². The number of esters is 1. The molecule has 4 nitrogen and oxygen atoms in total. The quantitative estimate of drug-likeness (QED) is 0.398. The van der Waals surface area contributed by atoms with Crippen LogP contribution in [0.25, 0.3) is 0 Å². The zero-order chi connectivity index (χ0) is 19.3. The zero-order valence-corrected chi connectivity index (χ0v) is 16.7. The fourth-order valence-electron chi connectivity index (χ4n) is 7.70. The Balaban J connectivity index is 1.38. The SMILES string of the molecule is CCOC(=O)C#CC12CCC3C(C4CC4C4=CC(=O)CCC43C)C1C1CC1O2. The minimum atomic E-state index is -0.448. The van der Waals surface area contributed by atoms with Gasteiger partial charge >= 0.3 is 5.97 Å². The largest absolute Gasteiger partial charge is 0.456 e. The van der Waals surface area contributed by atoms with Crippen molar-refractivity contribution in [1.29, 1.82) is 0 Å². The molecule has 0 N–H and O–H groups in total. The van der Waals surface area contributed by atoms with Gasteiger partial charge < -0.3 is 9.47 Å². The molecule has 0 amide bonds. The number of ketones is 1. The molecule has 5 fully saturated rings. The standard InChI is InChI=1S/C24H28O4/c1-3-27-20(26)6-9-24-8-5-17-21(22(24)16-12-19(16)28-24)15-11-14(15)18-10-13(25)4-7-23(17,18)2/h10,14-17,19,21-22H,3-5,7-8,11-12H2,1-2H3. The molecule has 4 heteroatoms. The highest BCUT2D eigenvalue weighted by molar-refractivity contribution is 5.92. The monoisotopic (exact) mass is 380 g/mol. The van der Waals surface area contributed by atoms with Gasteiger partial charge in [-0.15, -0.1) is 0 Å². The first-order chi connectivity index (χ1) is 13.5. The topological polar surface area (TPSA) is 52.6 Å². The molecule has 1 aliphatic heterocycles. The second-order valence-electron chi connectivity index (χ2n) is 10.2. The molecule has 0 bridgehead atoms. The average molecular weight is 380 g/mol. The summed E-state index contributed by atoms with van der Waals surface area (Å²) in [6, 6.07) is 0. The van der Waals surface area contributed by atoms with E-state index in [9.17, 15) is 9.59 Å². The van der Waals surface area contributed by atoms with E-state index in [1.807, 2.05) is 13.0 Å². The van der Waals surface area contributed by atoms with Crippen molar-refractivity contribution in [2.24, 2.45) is 40.9 Å². The third-order valence-corrected chi connectivity index (χ3v) is 8.92. The van der Waals surface area contributed by atoms with Crippen LogP contribution in [0.1, 0.15) is 52.4 Å². The lowest BCUT2D eigenvalue weighted by Gasteiger charge is -2.56. The van der Waals surface area contributed by atoms with Crippen LogP contribution in [0.3, 0.4) is 0 Å². The fraction of sp³-hybridized carbons (Fsp3) is 0.750. The van der Waals surface area contributed by atoms with Gasteiger partial charge in [0.25, 0.3) is 0 Å². The molecule has 5 aliphatic carbocycles. The van der Waals surface area contributed by atoms with E-state index in [0.29, 0.717) is 60.4 Å². The molecular formula is C24H28O4. The summed E-state index contributed by atoms with van der Waals surface area (Å²) in [5, 5.41) is 0. The maximum absolute atomic E-state index is 12.1. The Morgan fingerprint density at radius 1 is 1.32 bits per heavy atom. The summed E-state index contributed by atoms with van der Waals surface area (Å²) < 4.78 is 11.5. The highest BCUT2D eigenvalue weighted by atomic mass is 16.5. The van der Waals surface area contributed by atoms with E-state index >= 15 is 0 Å². The van der Waals surface area contributed by atoms with Crippen LogP contribution in [0, 0.1) is 52.8 Å². The highest BCUT2D eigenvalue weighted by Crippen LogP contribution is 2.75. The van der Waals surface area contributed by atoms with E-state index in [4.69, 9.17) is 9.47 Å².